The Kier molecular flexibility index (Phi) is 6.95. The van der Waals surface area contributed by atoms with Crippen molar-refractivity contribution in [1.82, 2.24) is 10.2 Å². The van der Waals surface area contributed by atoms with Gasteiger partial charge in [0.15, 0.2) is 0 Å². The summed E-state index contributed by atoms with van der Waals surface area (Å²) in [6.07, 6.45) is -0.00881. The second-order valence-corrected chi connectivity index (χ2v) is 8.14. The van der Waals surface area contributed by atoms with Crippen molar-refractivity contribution in [2.75, 3.05) is 48.8 Å². The minimum absolute atomic E-state index is 0.00881. The first kappa shape index (κ1) is 23.1. The number of guanidine groups is 1. The molecule has 2 aliphatic heterocycles. The number of methoxy groups -OCH3 is 1. The Morgan fingerprint density at radius 2 is 1.53 bits per heavy atom. The molecule has 2 aromatic carbocycles. The summed E-state index contributed by atoms with van der Waals surface area (Å²) in [6, 6.07) is 13.9. The zero-order valence-electron chi connectivity index (χ0n) is 19.2. The summed E-state index contributed by atoms with van der Waals surface area (Å²) in [5, 5.41) is 8.28. The third-order valence-corrected chi connectivity index (χ3v) is 5.70. The highest BCUT2D eigenvalue weighted by atomic mass is 16.5. The third-order valence-electron chi connectivity index (χ3n) is 5.70. The predicted octanol–water partition coefficient (Wildman–Crippen LogP) is 1.66. The first-order chi connectivity index (χ1) is 16.4. The van der Waals surface area contributed by atoms with Crippen LogP contribution in [0.15, 0.2) is 53.5 Å². The predicted molar refractivity (Wildman–Crippen MR) is 130 cm³/mol. The number of benzene rings is 2. The quantitative estimate of drug-likeness (QED) is 0.620. The lowest BCUT2D eigenvalue weighted by Gasteiger charge is -2.38. The molecule has 34 heavy (non-hydrogen) atoms. The van der Waals surface area contributed by atoms with Gasteiger partial charge >= 0.3 is 0 Å². The van der Waals surface area contributed by atoms with E-state index < -0.39 is 6.04 Å². The molecule has 0 radical (unpaired) electrons. The maximum Gasteiger partial charge on any atom is 0.249 e. The van der Waals surface area contributed by atoms with Gasteiger partial charge in [-0.25, -0.2) is 4.99 Å². The second-order valence-electron chi connectivity index (χ2n) is 8.14. The van der Waals surface area contributed by atoms with E-state index in [9.17, 15) is 14.4 Å². The van der Waals surface area contributed by atoms with E-state index in [4.69, 9.17) is 4.74 Å². The van der Waals surface area contributed by atoms with Crippen LogP contribution < -0.4 is 25.6 Å². The van der Waals surface area contributed by atoms with Crippen LogP contribution in [0.1, 0.15) is 13.3 Å². The lowest BCUT2D eigenvalue weighted by Crippen LogP contribution is -2.56. The van der Waals surface area contributed by atoms with E-state index in [0.29, 0.717) is 30.4 Å². The van der Waals surface area contributed by atoms with Gasteiger partial charge in [-0.05, 0) is 48.5 Å². The number of carbonyl (C=O) groups excluding carboxylic acids is 3. The van der Waals surface area contributed by atoms with Gasteiger partial charge in [-0.3, -0.25) is 19.7 Å². The van der Waals surface area contributed by atoms with Gasteiger partial charge in [0.2, 0.25) is 23.7 Å². The first-order valence-corrected chi connectivity index (χ1v) is 11.1. The van der Waals surface area contributed by atoms with Crippen molar-refractivity contribution in [2.24, 2.45) is 4.99 Å². The van der Waals surface area contributed by atoms with Crippen LogP contribution in [0.2, 0.25) is 0 Å². The normalized spacial score (nSPS) is 18.0. The second kappa shape index (κ2) is 10.2. The fraction of sp³-hybridized carbons (Fsp3) is 0.333. The average molecular weight is 465 g/mol. The molecule has 2 aromatic rings. The highest BCUT2D eigenvalue weighted by Gasteiger charge is 2.30. The van der Waals surface area contributed by atoms with Gasteiger partial charge in [-0.2, -0.15) is 0 Å². The van der Waals surface area contributed by atoms with Crippen LogP contribution in [0.3, 0.4) is 0 Å². The standard InChI is InChI=1S/C24H28N6O4/c1-16(31)25-17-3-5-18(6-4-17)26-23(33)21-15-22(32)28-24(27-21)30-13-11-29(12-14-30)19-7-9-20(34-2)10-8-19/h3-10,21H,11-15H2,1-2H3,(H,25,31)(H,26,33)(H,27,28,32). The van der Waals surface area contributed by atoms with E-state index in [-0.39, 0.29) is 24.1 Å². The molecule has 0 aliphatic carbocycles. The van der Waals surface area contributed by atoms with Crippen molar-refractivity contribution in [2.45, 2.75) is 19.4 Å². The smallest absolute Gasteiger partial charge is 0.249 e. The molecule has 0 bridgehead atoms. The number of carbonyl (C=O) groups is 3. The Morgan fingerprint density at radius 3 is 2.12 bits per heavy atom. The van der Waals surface area contributed by atoms with E-state index in [1.165, 1.54) is 6.92 Å². The third kappa shape index (κ3) is 5.64. The van der Waals surface area contributed by atoms with E-state index >= 15 is 0 Å². The number of aliphatic imine (C=N–C) groups is 1. The Bertz CT molecular complexity index is 1080. The van der Waals surface area contributed by atoms with Crippen LogP contribution in [0, 0.1) is 0 Å². The van der Waals surface area contributed by atoms with E-state index in [2.05, 4.69) is 25.8 Å². The monoisotopic (exact) mass is 464 g/mol. The Labute approximate surface area is 198 Å². The van der Waals surface area contributed by atoms with Crippen molar-refractivity contribution in [3.8, 4) is 5.75 Å². The molecule has 2 aliphatic rings. The molecule has 2 heterocycles. The molecular formula is C24H28N6O4. The van der Waals surface area contributed by atoms with Crippen molar-refractivity contribution in [1.29, 1.82) is 0 Å². The highest BCUT2D eigenvalue weighted by molar-refractivity contribution is 6.06. The largest absolute Gasteiger partial charge is 0.497 e. The van der Waals surface area contributed by atoms with Gasteiger partial charge < -0.3 is 25.2 Å². The molecule has 0 saturated carbocycles. The maximum absolute atomic E-state index is 12.8. The highest BCUT2D eigenvalue weighted by Crippen LogP contribution is 2.21. The Balaban J connectivity index is 1.36. The molecule has 0 spiro atoms. The minimum atomic E-state index is -0.807. The van der Waals surface area contributed by atoms with E-state index in [1.807, 2.05) is 29.2 Å². The number of amides is 3. The number of nitrogens with one attached hydrogen (secondary N) is 3. The van der Waals surface area contributed by atoms with Gasteiger partial charge in [-0.15, -0.1) is 0 Å². The molecule has 10 nitrogen and oxygen atoms in total. The summed E-state index contributed by atoms with van der Waals surface area (Å²) >= 11 is 0. The van der Waals surface area contributed by atoms with Gasteiger partial charge in [0.1, 0.15) is 11.8 Å². The van der Waals surface area contributed by atoms with Crippen LogP contribution in [-0.4, -0.2) is 67.9 Å². The van der Waals surface area contributed by atoms with Crippen LogP contribution >= 0.6 is 0 Å². The summed E-state index contributed by atoms with van der Waals surface area (Å²) in [5.41, 5.74) is 2.31. The van der Waals surface area contributed by atoms with Crippen LogP contribution in [-0.2, 0) is 14.4 Å². The van der Waals surface area contributed by atoms with Gasteiger partial charge in [0, 0.05) is 50.2 Å². The molecule has 1 fully saturated rings. The van der Waals surface area contributed by atoms with Gasteiger partial charge in [-0.1, -0.05) is 0 Å². The summed E-state index contributed by atoms with van der Waals surface area (Å²) < 4.78 is 5.22. The summed E-state index contributed by atoms with van der Waals surface area (Å²) in [6.45, 7) is 4.30. The fourth-order valence-corrected chi connectivity index (χ4v) is 3.92. The van der Waals surface area contributed by atoms with Crippen molar-refractivity contribution in [3.63, 3.8) is 0 Å². The van der Waals surface area contributed by atoms with Crippen molar-refractivity contribution < 1.29 is 19.1 Å². The number of nitrogens with zero attached hydrogens (tertiary/aromatic N) is 3. The zero-order valence-corrected chi connectivity index (χ0v) is 19.2. The summed E-state index contributed by atoms with van der Waals surface area (Å²) in [7, 11) is 1.64. The molecular weight excluding hydrogens is 436 g/mol. The number of ether oxygens (including phenoxy) is 1. The van der Waals surface area contributed by atoms with Crippen molar-refractivity contribution in [3.05, 3.63) is 48.5 Å². The van der Waals surface area contributed by atoms with Crippen LogP contribution in [0.4, 0.5) is 17.1 Å². The summed E-state index contributed by atoms with van der Waals surface area (Å²) in [4.78, 5) is 45.0. The zero-order chi connectivity index (χ0) is 24.1. The molecule has 10 heteroatoms. The minimum Gasteiger partial charge on any atom is -0.497 e. The number of anilines is 3. The van der Waals surface area contributed by atoms with E-state index in [1.54, 1.807) is 31.4 Å². The van der Waals surface area contributed by atoms with Crippen LogP contribution in [0.5, 0.6) is 5.75 Å². The summed E-state index contributed by atoms with van der Waals surface area (Å²) in [5.74, 6) is 0.498. The number of rotatable bonds is 5. The van der Waals surface area contributed by atoms with Gasteiger partial charge in [0.05, 0.1) is 13.5 Å². The van der Waals surface area contributed by atoms with E-state index in [0.717, 1.165) is 24.5 Å². The molecule has 3 N–H and O–H groups in total. The maximum atomic E-state index is 12.8. The fourth-order valence-electron chi connectivity index (χ4n) is 3.92. The molecule has 1 unspecified atom stereocenters. The number of piperazine rings is 1. The lowest BCUT2D eigenvalue weighted by molar-refractivity contribution is -0.125. The SMILES string of the molecule is COc1ccc(N2CCN(C3=NC(C(=O)Nc4ccc(NC(C)=O)cc4)CC(=O)N3)CC2)cc1. The Morgan fingerprint density at radius 1 is 0.941 bits per heavy atom. The van der Waals surface area contributed by atoms with Crippen LogP contribution in [0.25, 0.3) is 0 Å². The topological polar surface area (TPSA) is 115 Å². The molecule has 0 aromatic heterocycles. The molecule has 1 saturated heterocycles. The molecule has 3 amide bonds. The molecule has 1 atom stereocenters. The molecule has 178 valence electrons. The lowest BCUT2D eigenvalue weighted by atomic mass is 10.1. The number of hydrogen-bond donors (Lipinski definition) is 3. The Hall–Kier alpha value is -4.08. The number of hydrogen-bond acceptors (Lipinski definition) is 7. The first-order valence-electron chi connectivity index (χ1n) is 11.1. The van der Waals surface area contributed by atoms with Gasteiger partial charge in [0.25, 0.3) is 0 Å². The van der Waals surface area contributed by atoms with Crippen molar-refractivity contribution >= 4 is 40.7 Å². The molecule has 4 rings (SSSR count). The average Bonchev–Trinajstić information content (AvgIpc) is 2.85.